The number of benzene rings is 1. The van der Waals surface area contributed by atoms with E-state index in [-0.39, 0.29) is 17.4 Å². The van der Waals surface area contributed by atoms with Gasteiger partial charge < -0.3 is 20.3 Å². The number of carbonyl (C=O) groups is 1. The van der Waals surface area contributed by atoms with E-state index in [0.29, 0.717) is 19.6 Å². The number of likely N-dealkylation sites (tertiary alicyclic amines) is 1. The number of carbonyl (C=O) groups excluding carboxylic acids is 1. The molecule has 156 valence electrons. The van der Waals surface area contributed by atoms with Crippen molar-refractivity contribution in [2.75, 3.05) is 32.8 Å². The van der Waals surface area contributed by atoms with Crippen molar-refractivity contribution in [1.29, 1.82) is 0 Å². The molecule has 0 radical (unpaired) electrons. The highest BCUT2D eigenvalue weighted by atomic mass is 16.5. The normalized spacial score (nSPS) is 17.5. The van der Waals surface area contributed by atoms with E-state index in [4.69, 9.17) is 4.74 Å². The molecule has 2 rings (SSSR count). The number of hydrogen-bond donors (Lipinski definition) is 2. The summed E-state index contributed by atoms with van der Waals surface area (Å²) >= 11 is 0. The number of nitrogens with one attached hydrogen (secondary N) is 2. The zero-order valence-corrected chi connectivity index (χ0v) is 18.0. The third-order valence-electron chi connectivity index (χ3n) is 4.84. The standard InChI is InChI=1S/C22H36N4O2/c1-6-20(27)26-14-12-17(16-26)25-21(23-7-2)24-13-15-28-19-11-9-8-10-18(19)22(3,4)5/h8-11,17H,6-7,12-16H2,1-5H3,(H2,23,24,25). The molecule has 1 heterocycles. The largest absolute Gasteiger partial charge is 0.491 e. The second kappa shape index (κ2) is 10.3. The molecular weight excluding hydrogens is 352 g/mol. The number of aliphatic imine (C=N–C) groups is 1. The molecule has 1 aliphatic heterocycles. The predicted octanol–water partition coefficient (Wildman–Crippen LogP) is 2.93. The molecular formula is C22H36N4O2. The smallest absolute Gasteiger partial charge is 0.222 e. The third kappa shape index (κ3) is 6.43. The lowest BCUT2D eigenvalue weighted by Crippen LogP contribution is -2.45. The highest BCUT2D eigenvalue weighted by Crippen LogP contribution is 2.30. The molecule has 0 aromatic heterocycles. The molecule has 1 aromatic carbocycles. The van der Waals surface area contributed by atoms with Gasteiger partial charge in [-0.3, -0.25) is 4.79 Å². The number of ether oxygens (including phenoxy) is 1. The Morgan fingerprint density at radius 2 is 2.04 bits per heavy atom. The first-order valence-corrected chi connectivity index (χ1v) is 10.4. The highest BCUT2D eigenvalue weighted by Gasteiger charge is 2.25. The Morgan fingerprint density at radius 3 is 2.71 bits per heavy atom. The van der Waals surface area contributed by atoms with Gasteiger partial charge in [-0.25, -0.2) is 4.99 Å². The van der Waals surface area contributed by atoms with Crippen LogP contribution in [0.25, 0.3) is 0 Å². The monoisotopic (exact) mass is 388 g/mol. The van der Waals surface area contributed by atoms with Crippen LogP contribution in [0.4, 0.5) is 0 Å². The van der Waals surface area contributed by atoms with E-state index in [1.807, 2.05) is 30.0 Å². The summed E-state index contributed by atoms with van der Waals surface area (Å²) in [5.74, 6) is 1.93. The summed E-state index contributed by atoms with van der Waals surface area (Å²) in [4.78, 5) is 18.4. The maximum absolute atomic E-state index is 11.9. The van der Waals surface area contributed by atoms with Crippen LogP contribution in [0.2, 0.25) is 0 Å². The van der Waals surface area contributed by atoms with Crippen molar-refractivity contribution in [2.45, 2.75) is 58.9 Å². The molecule has 6 nitrogen and oxygen atoms in total. The quantitative estimate of drug-likeness (QED) is 0.428. The number of para-hydroxylation sites is 1. The minimum atomic E-state index is 0.0423. The van der Waals surface area contributed by atoms with Crippen molar-refractivity contribution < 1.29 is 9.53 Å². The summed E-state index contributed by atoms with van der Waals surface area (Å²) in [5.41, 5.74) is 1.25. The van der Waals surface area contributed by atoms with Crippen molar-refractivity contribution in [3.8, 4) is 5.75 Å². The second-order valence-electron chi connectivity index (χ2n) is 8.18. The Hall–Kier alpha value is -2.24. The van der Waals surface area contributed by atoms with E-state index in [9.17, 15) is 4.79 Å². The number of nitrogens with zero attached hydrogens (tertiary/aromatic N) is 2. The summed E-state index contributed by atoms with van der Waals surface area (Å²) in [6.45, 7) is 14.0. The van der Waals surface area contributed by atoms with Crippen molar-refractivity contribution in [3.63, 3.8) is 0 Å². The summed E-state index contributed by atoms with van der Waals surface area (Å²) in [6, 6.07) is 8.44. The number of guanidine groups is 1. The van der Waals surface area contributed by atoms with Gasteiger partial charge in [0.2, 0.25) is 5.91 Å². The fourth-order valence-corrected chi connectivity index (χ4v) is 3.37. The molecule has 28 heavy (non-hydrogen) atoms. The van der Waals surface area contributed by atoms with E-state index in [1.165, 1.54) is 5.56 Å². The van der Waals surface area contributed by atoms with Crippen LogP contribution in [-0.2, 0) is 10.2 Å². The molecule has 1 aromatic rings. The Labute approximate surface area is 169 Å². The lowest BCUT2D eigenvalue weighted by molar-refractivity contribution is -0.129. The zero-order chi connectivity index (χ0) is 20.6. The van der Waals surface area contributed by atoms with Gasteiger partial charge in [-0.2, -0.15) is 0 Å². The van der Waals surface area contributed by atoms with Crippen LogP contribution in [-0.4, -0.2) is 55.6 Å². The molecule has 0 aliphatic carbocycles. The molecule has 1 amide bonds. The average Bonchev–Trinajstić information content (AvgIpc) is 3.12. The van der Waals surface area contributed by atoms with E-state index in [0.717, 1.165) is 37.8 Å². The number of rotatable bonds is 7. The number of amides is 1. The topological polar surface area (TPSA) is 66.0 Å². The van der Waals surface area contributed by atoms with E-state index < -0.39 is 0 Å². The Kier molecular flexibility index (Phi) is 8.15. The first kappa shape index (κ1) is 22.1. The average molecular weight is 389 g/mol. The third-order valence-corrected chi connectivity index (χ3v) is 4.84. The van der Waals surface area contributed by atoms with Crippen molar-refractivity contribution >= 4 is 11.9 Å². The van der Waals surface area contributed by atoms with E-state index >= 15 is 0 Å². The van der Waals surface area contributed by atoms with E-state index in [2.05, 4.69) is 49.4 Å². The van der Waals surface area contributed by atoms with Crippen molar-refractivity contribution in [1.82, 2.24) is 15.5 Å². The van der Waals surface area contributed by atoms with Gasteiger partial charge in [-0.1, -0.05) is 45.9 Å². The Bertz CT molecular complexity index is 667. The fraction of sp³-hybridized carbons (Fsp3) is 0.636. The van der Waals surface area contributed by atoms with Crippen LogP contribution >= 0.6 is 0 Å². The van der Waals surface area contributed by atoms with Crippen LogP contribution in [0.5, 0.6) is 5.75 Å². The fourth-order valence-electron chi connectivity index (χ4n) is 3.37. The molecule has 0 bridgehead atoms. The lowest BCUT2D eigenvalue weighted by atomic mass is 9.86. The molecule has 1 saturated heterocycles. The minimum absolute atomic E-state index is 0.0423. The maximum atomic E-state index is 11.9. The van der Waals surface area contributed by atoms with Gasteiger partial charge >= 0.3 is 0 Å². The van der Waals surface area contributed by atoms with Crippen LogP contribution < -0.4 is 15.4 Å². The first-order valence-electron chi connectivity index (χ1n) is 10.4. The maximum Gasteiger partial charge on any atom is 0.222 e. The first-order chi connectivity index (χ1) is 13.3. The van der Waals surface area contributed by atoms with Crippen LogP contribution in [0.15, 0.2) is 29.3 Å². The van der Waals surface area contributed by atoms with Gasteiger partial charge in [0.05, 0.1) is 6.54 Å². The minimum Gasteiger partial charge on any atom is -0.491 e. The van der Waals surface area contributed by atoms with Crippen LogP contribution in [0.1, 0.15) is 53.0 Å². The lowest BCUT2D eigenvalue weighted by Gasteiger charge is -2.22. The second-order valence-corrected chi connectivity index (χ2v) is 8.18. The highest BCUT2D eigenvalue weighted by molar-refractivity contribution is 5.80. The Morgan fingerprint density at radius 1 is 1.29 bits per heavy atom. The molecule has 1 unspecified atom stereocenters. The summed E-state index contributed by atoms with van der Waals surface area (Å²) in [7, 11) is 0. The van der Waals surface area contributed by atoms with Gasteiger partial charge in [0.25, 0.3) is 0 Å². The van der Waals surface area contributed by atoms with Crippen LogP contribution in [0, 0.1) is 0 Å². The van der Waals surface area contributed by atoms with Crippen molar-refractivity contribution in [3.05, 3.63) is 29.8 Å². The summed E-state index contributed by atoms with van der Waals surface area (Å²) in [5, 5.41) is 6.73. The van der Waals surface area contributed by atoms with Gasteiger partial charge in [0.15, 0.2) is 5.96 Å². The summed E-state index contributed by atoms with van der Waals surface area (Å²) < 4.78 is 6.01. The molecule has 1 atom stereocenters. The predicted molar refractivity (Wildman–Crippen MR) is 115 cm³/mol. The van der Waals surface area contributed by atoms with E-state index in [1.54, 1.807) is 0 Å². The van der Waals surface area contributed by atoms with Gasteiger partial charge in [-0.15, -0.1) is 0 Å². The van der Waals surface area contributed by atoms with Gasteiger partial charge in [0, 0.05) is 32.1 Å². The van der Waals surface area contributed by atoms with Crippen LogP contribution in [0.3, 0.4) is 0 Å². The molecule has 1 fully saturated rings. The molecule has 0 saturated carbocycles. The molecule has 0 spiro atoms. The van der Waals surface area contributed by atoms with Gasteiger partial charge in [0.1, 0.15) is 12.4 Å². The number of hydrogen-bond acceptors (Lipinski definition) is 3. The SMILES string of the molecule is CCNC(=NCCOc1ccccc1C(C)(C)C)NC1CCN(C(=O)CC)C1. The van der Waals surface area contributed by atoms with Crippen molar-refractivity contribution in [2.24, 2.45) is 4.99 Å². The molecule has 6 heteroatoms. The summed E-state index contributed by atoms with van der Waals surface area (Å²) in [6.07, 6.45) is 1.51. The van der Waals surface area contributed by atoms with Gasteiger partial charge in [-0.05, 0) is 30.4 Å². The molecule has 2 N–H and O–H groups in total. The Balaban J connectivity index is 1.88. The zero-order valence-electron chi connectivity index (χ0n) is 18.0. The molecule has 1 aliphatic rings.